The Morgan fingerprint density at radius 3 is 2.53 bits per heavy atom. The van der Waals surface area contributed by atoms with Crippen LogP contribution in [-0.2, 0) is 9.53 Å². The molecule has 98 valence electrons. The van der Waals surface area contributed by atoms with E-state index >= 15 is 0 Å². The van der Waals surface area contributed by atoms with Crippen LogP contribution in [0.3, 0.4) is 0 Å². The molecule has 0 aromatic rings. The fourth-order valence-electron chi connectivity index (χ4n) is 2.11. The van der Waals surface area contributed by atoms with E-state index in [0.717, 1.165) is 0 Å². The third-order valence-corrected chi connectivity index (χ3v) is 3.03. The van der Waals surface area contributed by atoms with Gasteiger partial charge in [0.1, 0.15) is 0 Å². The second kappa shape index (κ2) is 6.07. The van der Waals surface area contributed by atoms with Crippen LogP contribution >= 0.6 is 0 Å². The van der Waals surface area contributed by atoms with Crippen LogP contribution in [0.15, 0.2) is 0 Å². The highest BCUT2D eigenvalue weighted by Gasteiger charge is 2.35. The monoisotopic (exact) mass is 247 g/mol. The minimum Gasteiger partial charge on any atom is -0.466 e. The average molecular weight is 247 g/mol. The van der Waals surface area contributed by atoms with E-state index < -0.39 is 11.9 Å². The zero-order chi connectivity index (χ0) is 12.9. The second-order valence-corrected chi connectivity index (χ2v) is 4.59. The van der Waals surface area contributed by atoms with Crippen molar-refractivity contribution in [1.29, 1.82) is 5.41 Å². The topological polar surface area (TPSA) is 50.2 Å². The largest absolute Gasteiger partial charge is 0.466 e. The Kier molecular flexibility index (Phi) is 5.02. The van der Waals surface area contributed by atoms with Crippen molar-refractivity contribution in [2.75, 3.05) is 6.61 Å². The summed E-state index contributed by atoms with van der Waals surface area (Å²) in [6.07, 6.45) is 1.13. The van der Waals surface area contributed by atoms with E-state index in [9.17, 15) is 13.6 Å². The van der Waals surface area contributed by atoms with Crippen molar-refractivity contribution in [1.82, 2.24) is 0 Å². The summed E-state index contributed by atoms with van der Waals surface area (Å²) in [6.45, 7) is 2.02. The summed E-state index contributed by atoms with van der Waals surface area (Å²) in [5, 5.41) is 7.64. The average Bonchev–Trinajstić information content (AvgIpc) is 2.21. The highest BCUT2D eigenvalue weighted by Crippen LogP contribution is 2.37. The predicted molar refractivity (Wildman–Crippen MR) is 60.5 cm³/mol. The molecule has 0 spiro atoms. The Hall–Kier alpha value is -1.00. The van der Waals surface area contributed by atoms with Gasteiger partial charge >= 0.3 is 5.97 Å². The normalized spacial score (nSPS) is 19.9. The molecule has 1 aliphatic rings. The Morgan fingerprint density at radius 2 is 2.00 bits per heavy atom. The number of rotatable bonds is 5. The maximum atomic E-state index is 12.9. The van der Waals surface area contributed by atoms with E-state index in [1.165, 1.54) is 0 Å². The van der Waals surface area contributed by atoms with E-state index in [-0.39, 0.29) is 25.2 Å². The fraction of sp³-hybridized carbons (Fsp3) is 0.833. The molecule has 5 heteroatoms. The lowest BCUT2D eigenvalue weighted by atomic mass is 9.83. The molecule has 0 aromatic carbocycles. The number of hydrogen-bond donors (Lipinski definition) is 1. The number of ether oxygens (including phenoxy) is 1. The highest BCUT2D eigenvalue weighted by atomic mass is 19.3. The van der Waals surface area contributed by atoms with Gasteiger partial charge in [-0.1, -0.05) is 0 Å². The van der Waals surface area contributed by atoms with Crippen molar-refractivity contribution < 1.29 is 18.3 Å². The van der Waals surface area contributed by atoms with Gasteiger partial charge < -0.3 is 10.1 Å². The van der Waals surface area contributed by atoms with Gasteiger partial charge in [0, 0.05) is 18.6 Å². The summed E-state index contributed by atoms with van der Waals surface area (Å²) in [7, 11) is 0. The molecule has 0 bridgehead atoms. The van der Waals surface area contributed by atoms with E-state index in [2.05, 4.69) is 0 Å². The molecule has 0 radical (unpaired) electrons. The molecule has 0 amide bonds. The first-order valence-electron chi connectivity index (χ1n) is 6.02. The van der Waals surface area contributed by atoms with E-state index in [1.807, 2.05) is 0 Å². The summed E-state index contributed by atoms with van der Waals surface area (Å²) < 4.78 is 30.5. The molecule has 17 heavy (non-hydrogen) atoms. The summed E-state index contributed by atoms with van der Waals surface area (Å²) >= 11 is 0. The molecule has 1 saturated carbocycles. The number of esters is 1. The van der Waals surface area contributed by atoms with Gasteiger partial charge in [-0.2, -0.15) is 0 Å². The maximum Gasteiger partial charge on any atom is 0.311 e. The van der Waals surface area contributed by atoms with Crippen LogP contribution in [0.4, 0.5) is 8.78 Å². The molecule has 3 nitrogen and oxygen atoms in total. The van der Waals surface area contributed by atoms with E-state index in [0.29, 0.717) is 31.6 Å². The highest BCUT2D eigenvalue weighted by molar-refractivity contribution is 5.97. The molecule has 1 rings (SSSR count). The van der Waals surface area contributed by atoms with Crippen molar-refractivity contribution in [2.45, 2.75) is 51.4 Å². The summed E-state index contributed by atoms with van der Waals surface area (Å²) in [6, 6.07) is 0. The molecule has 0 aromatic heterocycles. The quantitative estimate of drug-likeness (QED) is 0.599. The lowest BCUT2D eigenvalue weighted by molar-refractivity contribution is -0.141. The van der Waals surface area contributed by atoms with Crippen molar-refractivity contribution in [3.63, 3.8) is 0 Å². The van der Waals surface area contributed by atoms with Crippen LogP contribution in [-0.4, -0.2) is 24.2 Å². The molecule has 1 aliphatic carbocycles. The van der Waals surface area contributed by atoms with Crippen LogP contribution < -0.4 is 0 Å². The molecule has 1 fully saturated rings. The number of carbonyl (C=O) groups is 1. The number of alkyl halides is 2. The van der Waals surface area contributed by atoms with Crippen molar-refractivity contribution in [3.05, 3.63) is 0 Å². The molecule has 0 aliphatic heterocycles. The first-order chi connectivity index (χ1) is 7.93. The summed E-state index contributed by atoms with van der Waals surface area (Å²) in [4.78, 5) is 11.1. The third kappa shape index (κ3) is 5.24. The molecule has 0 unspecified atom stereocenters. The molecule has 0 saturated heterocycles. The second-order valence-electron chi connectivity index (χ2n) is 4.59. The van der Waals surface area contributed by atoms with Gasteiger partial charge in [0.25, 0.3) is 0 Å². The Bertz CT molecular complexity index is 282. The van der Waals surface area contributed by atoms with Gasteiger partial charge in [0.05, 0.1) is 13.0 Å². The molecule has 1 N–H and O–H groups in total. The maximum absolute atomic E-state index is 12.9. The smallest absolute Gasteiger partial charge is 0.311 e. The van der Waals surface area contributed by atoms with Crippen LogP contribution in [0.25, 0.3) is 0 Å². The first kappa shape index (κ1) is 14.1. The molecular formula is C12H19F2NO2. The van der Waals surface area contributed by atoms with Crippen molar-refractivity contribution in [3.8, 4) is 0 Å². The van der Waals surface area contributed by atoms with Gasteiger partial charge in [0.2, 0.25) is 5.92 Å². The Balaban J connectivity index is 2.26. The van der Waals surface area contributed by atoms with Crippen LogP contribution in [0.5, 0.6) is 0 Å². The molecule has 0 heterocycles. The van der Waals surface area contributed by atoms with E-state index in [4.69, 9.17) is 10.1 Å². The SMILES string of the molecule is CCOC(=O)CC(=N)CC1CCC(F)(F)CC1. The van der Waals surface area contributed by atoms with Crippen molar-refractivity contribution in [2.24, 2.45) is 5.92 Å². The number of nitrogens with one attached hydrogen (secondary N) is 1. The fourth-order valence-corrected chi connectivity index (χ4v) is 2.11. The minimum absolute atomic E-state index is 0.0132. The van der Waals surface area contributed by atoms with Gasteiger partial charge in [-0.15, -0.1) is 0 Å². The molecular weight excluding hydrogens is 228 g/mol. The standard InChI is InChI=1S/C12H19F2NO2/c1-2-17-11(16)8-10(15)7-9-3-5-12(13,14)6-4-9/h9,15H,2-8H2,1H3. The lowest BCUT2D eigenvalue weighted by Crippen LogP contribution is -2.26. The zero-order valence-corrected chi connectivity index (χ0v) is 10.1. The Labute approximate surface area is 100 Å². The van der Waals surface area contributed by atoms with E-state index in [1.54, 1.807) is 6.92 Å². The minimum atomic E-state index is -2.53. The molecule has 0 atom stereocenters. The summed E-state index contributed by atoms with van der Waals surface area (Å²) in [5.74, 6) is -2.81. The van der Waals surface area contributed by atoms with Gasteiger partial charge in [-0.05, 0) is 32.1 Å². The number of halogens is 2. The van der Waals surface area contributed by atoms with Crippen molar-refractivity contribution >= 4 is 11.7 Å². The number of hydrogen-bond acceptors (Lipinski definition) is 3. The lowest BCUT2D eigenvalue weighted by Gasteiger charge is -2.28. The number of carbonyl (C=O) groups excluding carboxylic acids is 1. The van der Waals surface area contributed by atoms with Gasteiger partial charge in [-0.25, -0.2) is 8.78 Å². The van der Waals surface area contributed by atoms with Gasteiger partial charge in [-0.3, -0.25) is 4.79 Å². The summed E-state index contributed by atoms with van der Waals surface area (Å²) in [5.41, 5.74) is 0.290. The zero-order valence-electron chi connectivity index (χ0n) is 10.1. The third-order valence-electron chi connectivity index (χ3n) is 3.03. The van der Waals surface area contributed by atoms with Crippen LogP contribution in [0.1, 0.15) is 45.4 Å². The van der Waals surface area contributed by atoms with Gasteiger partial charge in [0.15, 0.2) is 0 Å². The van der Waals surface area contributed by atoms with Crippen LogP contribution in [0, 0.1) is 11.3 Å². The Morgan fingerprint density at radius 1 is 1.41 bits per heavy atom. The first-order valence-corrected chi connectivity index (χ1v) is 6.02. The van der Waals surface area contributed by atoms with Crippen LogP contribution in [0.2, 0.25) is 0 Å². The predicted octanol–water partition coefficient (Wildman–Crippen LogP) is 3.17.